The first kappa shape index (κ1) is 11.8. The summed E-state index contributed by atoms with van der Waals surface area (Å²) in [5.74, 6) is 0.628. The Hall–Kier alpha value is -1.24. The first-order valence-electron chi connectivity index (χ1n) is 4.80. The summed E-state index contributed by atoms with van der Waals surface area (Å²) in [5.41, 5.74) is 6.41. The maximum absolute atomic E-state index is 8.89. The number of anilines is 1. The Morgan fingerprint density at radius 3 is 2.47 bits per heavy atom. The first-order chi connectivity index (χ1) is 7.33. The van der Waals surface area contributed by atoms with Crippen molar-refractivity contribution < 1.29 is 10.2 Å². The Labute approximate surface area is 88.4 Å². The molecule has 0 aliphatic carbocycles. The molecule has 0 saturated carbocycles. The van der Waals surface area contributed by atoms with Gasteiger partial charge < -0.3 is 20.8 Å². The first-order valence-corrected chi connectivity index (χ1v) is 4.80. The summed E-state index contributed by atoms with van der Waals surface area (Å²) < 4.78 is 0. The fourth-order valence-corrected chi connectivity index (χ4v) is 1.34. The number of aromatic nitrogens is 2. The Kier molecular flexibility index (Phi) is 4.96. The van der Waals surface area contributed by atoms with Gasteiger partial charge in [-0.05, 0) is 6.07 Å². The van der Waals surface area contributed by atoms with Crippen LogP contribution in [0.15, 0.2) is 12.3 Å². The second-order valence-electron chi connectivity index (χ2n) is 3.02. The van der Waals surface area contributed by atoms with Gasteiger partial charge in [-0.3, -0.25) is 0 Å². The normalized spacial score (nSPS) is 10.3. The van der Waals surface area contributed by atoms with E-state index in [9.17, 15) is 0 Å². The lowest BCUT2D eigenvalue weighted by molar-refractivity contribution is 0.280. The topological polar surface area (TPSA) is 95.5 Å². The van der Waals surface area contributed by atoms with E-state index in [-0.39, 0.29) is 13.2 Å². The van der Waals surface area contributed by atoms with E-state index in [0.717, 1.165) is 5.56 Å². The molecule has 4 N–H and O–H groups in total. The molecule has 0 atom stereocenters. The van der Waals surface area contributed by atoms with Crippen molar-refractivity contribution >= 4 is 5.82 Å². The molecular formula is C9H16N4O2. The molecule has 6 nitrogen and oxygen atoms in total. The van der Waals surface area contributed by atoms with Gasteiger partial charge in [-0.2, -0.15) is 5.10 Å². The zero-order chi connectivity index (χ0) is 11.1. The molecule has 1 aromatic heterocycles. The van der Waals surface area contributed by atoms with Crippen LogP contribution in [0.3, 0.4) is 0 Å². The molecule has 0 fully saturated rings. The fourth-order valence-electron chi connectivity index (χ4n) is 1.34. The van der Waals surface area contributed by atoms with Crippen LogP contribution >= 0.6 is 0 Å². The summed E-state index contributed by atoms with van der Waals surface area (Å²) in [7, 11) is 0. The summed E-state index contributed by atoms with van der Waals surface area (Å²) in [6.45, 7) is 1.18. The SMILES string of the molecule is NCc1ccnnc1N(CCO)CCO. The van der Waals surface area contributed by atoms with Crippen molar-refractivity contribution in [2.75, 3.05) is 31.2 Å². The van der Waals surface area contributed by atoms with Gasteiger partial charge in [0.05, 0.1) is 19.4 Å². The zero-order valence-corrected chi connectivity index (χ0v) is 8.50. The number of rotatable bonds is 6. The Morgan fingerprint density at radius 2 is 1.93 bits per heavy atom. The highest BCUT2D eigenvalue weighted by Crippen LogP contribution is 2.14. The van der Waals surface area contributed by atoms with Crippen LogP contribution in [0.25, 0.3) is 0 Å². The molecule has 0 aromatic carbocycles. The summed E-state index contributed by atoms with van der Waals surface area (Å²) in [6.07, 6.45) is 1.57. The molecule has 1 rings (SSSR count). The van der Waals surface area contributed by atoms with Crippen LogP contribution in [0.4, 0.5) is 5.82 Å². The third kappa shape index (κ3) is 3.12. The highest BCUT2D eigenvalue weighted by Gasteiger charge is 2.11. The van der Waals surface area contributed by atoms with E-state index in [1.807, 2.05) is 0 Å². The van der Waals surface area contributed by atoms with Gasteiger partial charge in [0.2, 0.25) is 0 Å². The molecule has 1 aromatic rings. The van der Waals surface area contributed by atoms with Crippen LogP contribution in [0.5, 0.6) is 0 Å². The summed E-state index contributed by atoms with van der Waals surface area (Å²) >= 11 is 0. The second kappa shape index (κ2) is 6.28. The number of hydrogen-bond donors (Lipinski definition) is 3. The molecule has 1 heterocycles. The molecule has 0 aliphatic rings. The van der Waals surface area contributed by atoms with Gasteiger partial charge in [-0.1, -0.05) is 0 Å². The van der Waals surface area contributed by atoms with Gasteiger partial charge in [0.25, 0.3) is 0 Å². The van der Waals surface area contributed by atoms with Gasteiger partial charge in [0, 0.05) is 25.2 Å². The van der Waals surface area contributed by atoms with Gasteiger partial charge in [-0.15, -0.1) is 5.10 Å². The van der Waals surface area contributed by atoms with Crippen molar-refractivity contribution in [1.29, 1.82) is 0 Å². The second-order valence-corrected chi connectivity index (χ2v) is 3.02. The van der Waals surface area contributed by atoms with E-state index in [2.05, 4.69) is 10.2 Å². The fraction of sp³-hybridized carbons (Fsp3) is 0.556. The van der Waals surface area contributed by atoms with Crippen molar-refractivity contribution in [3.05, 3.63) is 17.8 Å². The maximum Gasteiger partial charge on any atom is 0.155 e. The summed E-state index contributed by atoms with van der Waals surface area (Å²) in [5, 5.41) is 25.5. The van der Waals surface area contributed by atoms with Crippen molar-refractivity contribution in [3.63, 3.8) is 0 Å². The van der Waals surface area contributed by atoms with Crippen LogP contribution in [-0.2, 0) is 6.54 Å². The minimum absolute atomic E-state index is 0.000581. The molecular weight excluding hydrogens is 196 g/mol. The minimum Gasteiger partial charge on any atom is -0.395 e. The van der Waals surface area contributed by atoms with Gasteiger partial charge in [0.1, 0.15) is 0 Å². The van der Waals surface area contributed by atoms with Crippen LogP contribution in [0.2, 0.25) is 0 Å². The maximum atomic E-state index is 8.89. The molecule has 15 heavy (non-hydrogen) atoms. The summed E-state index contributed by atoms with van der Waals surface area (Å²) in [6, 6.07) is 1.78. The molecule has 84 valence electrons. The predicted molar refractivity (Wildman–Crippen MR) is 56.3 cm³/mol. The largest absolute Gasteiger partial charge is 0.395 e. The highest BCUT2D eigenvalue weighted by atomic mass is 16.3. The van der Waals surface area contributed by atoms with E-state index in [4.69, 9.17) is 15.9 Å². The molecule has 0 aliphatic heterocycles. The summed E-state index contributed by atoms with van der Waals surface area (Å²) in [4.78, 5) is 1.76. The van der Waals surface area contributed by atoms with Crippen LogP contribution in [0.1, 0.15) is 5.56 Å². The molecule has 0 saturated heterocycles. The number of aliphatic hydroxyl groups excluding tert-OH is 2. The number of nitrogens with two attached hydrogens (primary N) is 1. The highest BCUT2D eigenvalue weighted by molar-refractivity contribution is 5.45. The van der Waals surface area contributed by atoms with Crippen molar-refractivity contribution in [2.45, 2.75) is 6.54 Å². The third-order valence-corrected chi connectivity index (χ3v) is 2.04. The molecule has 6 heteroatoms. The van der Waals surface area contributed by atoms with E-state index in [1.165, 1.54) is 0 Å². The van der Waals surface area contributed by atoms with Crippen molar-refractivity contribution in [2.24, 2.45) is 5.73 Å². The zero-order valence-electron chi connectivity index (χ0n) is 8.50. The standard InChI is InChI=1S/C9H16N4O2/c10-7-8-1-2-11-12-9(8)13(3-5-14)4-6-15/h1-2,14-15H,3-7,10H2. The van der Waals surface area contributed by atoms with Gasteiger partial charge in [-0.25, -0.2) is 0 Å². The molecule has 0 unspecified atom stereocenters. The van der Waals surface area contributed by atoms with E-state index in [1.54, 1.807) is 17.2 Å². The quantitative estimate of drug-likeness (QED) is 0.544. The smallest absolute Gasteiger partial charge is 0.155 e. The number of aliphatic hydroxyl groups is 2. The Morgan fingerprint density at radius 1 is 1.27 bits per heavy atom. The average Bonchev–Trinajstić information content (AvgIpc) is 2.29. The van der Waals surface area contributed by atoms with Crippen molar-refractivity contribution in [3.8, 4) is 0 Å². The Bertz CT molecular complexity index is 289. The third-order valence-electron chi connectivity index (χ3n) is 2.04. The van der Waals surface area contributed by atoms with E-state index >= 15 is 0 Å². The predicted octanol–water partition coefficient (Wildman–Crippen LogP) is -1.27. The van der Waals surface area contributed by atoms with E-state index in [0.29, 0.717) is 25.5 Å². The van der Waals surface area contributed by atoms with Gasteiger partial charge >= 0.3 is 0 Å². The van der Waals surface area contributed by atoms with Crippen LogP contribution in [-0.4, -0.2) is 46.7 Å². The number of nitrogens with zero attached hydrogens (tertiary/aromatic N) is 3. The average molecular weight is 212 g/mol. The minimum atomic E-state index is 0.000581. The Balaban J connectivity index is 2.88. The van der Waals surface area contributed by atoms with Crippen molar-refractivity contribution in [1.82, 2.24) is 10.2 Å². The lowest BCUT2D eigenvalue weighted by Gasteiger charge is -2.22. The molecule has 0 amide bonds. The molecule has 0 spiro atoms. The number of hydrogen-bond acceptors (Lipinski definition) is 6. The van der Waals surface area contributed by atoms with Crippen LogP contribution < -0.4 is 10.6 Å². The molecule has 0 radical (unpaired) electrons. The van der Waals surface area contributed by atoms with E-state index < -0.39 is 0 Å². The monoisotopic (exact) mass is 212 g/mol. The van der Waals surface area contributed by atoms with Crippen LogP contribution in [0, 0.1) is 0 Å². The lowest BCUT2D eigenvalue weighted by Crippen LogP contribution is -2.31. The molecule has 0 bridgehead atoms. The lowest BCUT2D eigenvalue weighted by atomic mass is 10.2. The van der Waals surface area contributed by atoms with Gasteiger partial charge in [0.15, 0.2) is 5.82 Å².